The van der Waals surface area contributed by atoms with Crippen LogP contribution in [0.15, 0.2) is 30.3 Å². The van der Waals surface area contributed by atoms with Gasteiger partial charge >= 0.3 is 5.97 Å². The molecule has 1 aliphatic heterocycles. The van der Waals surface area contributed by atoms with Crippen molar-refractivity contribution in [2.75, 3.05) is 13.7 Å². The van der Waals surface area contributed by atoms with Gasteiger partial charge in [0, 0.05) is 11.2 Å². The third-order valence-electron chi connectivity index (χ3n) is 3.62. The molecule has 1 aromatic carbocycles. The fraction of sp³-hybridized carbons (Fsp3) is 0.333. The van der Waals surface area contributed by atoms with Gasteiger partial charge < -0.3 is 9.64 Å². The zero-order chi connectivity index (χ0) is 14.1. The van der Waals surface area contributed by atoms with Crippen molar-refractivity contribution in [1.82, 2.24) is 4.90 Å². The molecule has 2 aromatic rings. The average molecular weight is 289 g/mol. The molecule has 1 unspecified atom stereocenters. The molecule has 1 aliphatic rings. The zero-order valence-electron chi connectivity index (χ0n) is 11.2. The van der Waals surface area contributed by atoms with Crippen LogP contribution in [0.2, 0.25) is 0 Å². The second-order valence-electron chi connectivity index (χ2n) is 4.83. The predicted molar refractivity (Wildman–Crippen MR) is 77.9 cm³/mol. The summed E-state index contributed by atoms with van der Waals surface area (Å²) >= 11 is 1.47. The number of rotatable bonds is 2. The van der Waals surface area contributed by atoms with Crippen LogP contribution in [0.4, 0.5) is 0 Å². The van der Waals surface area contributed by atoms with Crippen molar-refractivity contribution < 1.29 is 14.3 Å². The maximum atomic E-state index is 12.6. The maximum absolute atomic E-state index is 12.6. The van der Waals surface area contributed by atoms with Gasteiger partial charge in [-0.1, -0.05) is 18.2 Å². The molecule has 4 nitrogen and oxygen atoms in total. The molecule has 20 heavy (non-hydrogen) atoms. The standard InChI is InChI=1S/C15H15NO3S/c1-19-15(18)11-6-4-8-16(11)14(17)13-9-10-5-2-3-7-12(10)20-13/h2-3,5,7,9,11H,4,6,8H2,1H3. The number of thiophene rings is 1. The Bertz CT molecular complexity index is 631. The van der Waals surface area contributed by atoms with Crippen molar-refractivity contribution >= 4 is 33.3 Å². The zero-order valence-corrected chi connectivity index (χ0v) is 12.0. The van der Waals surface area contributed by atoms with Gasteiger partial charge in [-0.3, -0.25) is 4.79 Å². The van der Waals surface area contributed by atoms with E-state index < -0.39 is 6.04 Å². The number of esters is 1. The molecule has 5 heteroatoms. The number of fused-ring (bicyclic) bond motifs is 1. The summed E-state index contributed by atoms with van der Waals surface area (Å²) < 4.78 is 5.87. The molecule has 0 spiro atoms. The van der Waals surface area contributed by atoms with E-state index in [2.05, 4.69) is 0 Å². The third-order valence-corrected chi connectivity index (χ3v) is 4.73. The molecule has 1 atom stereocenters. The molecule has 1 aromatic heterocycles. The monoisotopic (exact) mass is 289 g/mol. The molecule has 0 radical (unpaired) electrons. The summed E-state index contributed by atoms with van der Waals surface area (Å²) in [6, 6.07) is 9.37. The van der Waals surface area contributed by atoms with Gasteiger partial charge in [0.1, 0.15) is 6.04 Å². The number of carbonyl (C=O) groups is 2. The lowest BCUT2D eigenvalue weighted by molar-refractivity contribution is -0.145. The third kappa shape index (κ3) is 2.18. The summed E-state index contributed by atoms with van der Waals surface area (Å²) in [5.41, 5.74) is 0. The predicted octanol–water partition coefficient (Wildman–Crippen LogP) is 2.68. The van der Waals surface area contributed by atoms with Crippen LogP contribution in [0.1, 0.15) is 22.5 Å². The highest BCUT2D eigenvalue weighted by Crippen LogP contribution is 2.29. The molecule has 1 amide bonds. The SMILES string of the molecule is COC(=O)C1CCCN1C(=O)c1cc2ccccc2s1. The number of nitrogens with zero attached hydrogens (tertiary/aromatic N) is 1. The van der Waals surface area contributed by atoms with Crippen molar-refractivity contribution in [3.05, 3.63) is 35.2 Å². The van der Waals surface area contributed by atoms with Crippen molar-refractivity contribution in [3.8, 4) is 0 Å². The van der Waals surface area contributed by atoms with E-state index in [1.807, 2.05) is 30.3 Å². The van der Waals surface area contributed by atoms with E-state index in [1.165, 1.54) is 18.4 Å². The summed E-state index contributed by atoms with van der Waals surface area (Å²) in [5, 5.41) is 1.06. The first-order chi connectivity index (χ1) is 9.70. The topological polar surface area (TPSA) is 46.6 Å². The average Bonchev–Trinajstić information content (AvgIpc) is 3.11. The molecular formula is C15H15NO3S. The van der Waals surface area contributed by atoms with Crippen LogP contribution in [0.5, 0.6) is 0 Å². The van der Waals surface area contributed by atoms with E-state index in [4.69, 9.17) is 4.74 Å². The Morgan fingerprint density at radius 3 is 2.90 bits per heavy atom. The van der Waals surface area contributed by atoms with Gasteiger partial charge in [-0.05, 0) is 30.4 Å². The molecule has 104 valence electrons. The van der Waals surface area contributed by atoms with Crippen molar-refractivity contribution in [1.29, 1.82) is 0 Å². The summed E-state index contributed by atoms with van der Waals surface area (Å²) in [6.45, 7) is 0.618. The van der Waals surface area contributed by atoms with Gasteiger partial charge in [0.15, 0.2) is 0 Å². The summed E-state index contributed by atoms with van der Waals surface area (Å²) in [7, 11) is 1.36. The van der Waals surface area contributed by atoms with Gasteiger partial charge in [-0.2, -0.15) is 0 Å². The number of ether oxygens (including phenoxy) is 1. The number of likely N-dealkylation sites (tertiary alicyclic amines) is 1. The first-order valence-electron chi connectivity index (χ1n) is 6.58. The number of benzene rings is 1. The first-order valence-corrected chi connectivity index (χ1v) is 7.40. The fourth-order valence-electron chi connectivity index (χ4n) is 2.62. The molecular weight excluding hydrogens is 274 g/mol. The molecule has 0 N–H and O–H groups in total. The van der Waals surface area contributed by atoms with E-state index >= 15 is 0 Å². The number of methoxy groups -OCH3 is 1. The van der Waals surface area contributed by atoms with Crippen LogP contribution in [0, 0.1) is 0 Å². The highest BCUT2D eigenvalue weighted by Gasteiger charge is 2.35. The molecule has 0 saturated carbocycles. The van der Waals surface area contributed by atoms with E-state index in [0.717, 1.165) is 16.5 Å². The Hall–Kier alpha value is -1.88. The molecule has 0 aliphatic carbocycles. The maximum Gasteiger partial charge on any atom is 0.328 e. The Balaban J connectivity index is 1.89. The largest absolute Gasteiger partial charge is 0.467 e. The van der Waals surface area contributed by atoms with Gasteiger partial charge in [-0.25, -0.2) is 4.79 Å². The summed E-state index contributed by atoms with van der Waals surface area (Å²) in [5.74, 6) is -0.393. The summed E-state index contributed by atoms with van der Waals surface area (Å²) in [6.07, 6.45) is 1.53. The number of hydrogen-bond donors (Lipinski definition) is 0. The Kier molecular flexibility index (Phi) is 3.44. The summed E-state index contributed by atoms with van der Waals surface area (Å²) in [4.78, 5) is 26.6. The van der Waals surface area contributed by atoms with Crippen molar-refractivity contribution in [2.24, 2.45) is 0 Å². The normalized spacial score (nSPS) is 18.4. The second kappa shape index (κ2) is 5.25. The van der Waals surface area contributed by atoms with Crippen LogP contribution in [-0.4, -0.2) is 36.5 Å². The van der Waals surface area contributed by atoms with Crippen LogP contribution in [-0.2, 0) is 9.53 Å². The molecule has 1 saturated heterocycles. The second-order valence-corrected chi connectivity index (χ2v) is 5.91. The quantitative estimate of drug-likeness (QED) is 0.799. The minimum Gasteiger partial charge on any atom is -0.467 e. The van der Waals surface area contributed by atoms with Gasteiger partial charge in [-0.15, -0.1) is 11.3 Å². The highest BCUT2D eigenvalue weighted by atomic mass is 32.1. The van der Waals surface area contributed by atoms with Crippen molar-refractivity contribution in [2.45, 2.75) is 18.9 Å². The van der Waals surface area contributed by atoms with Gasteiger partial charge in [0.2, 0.25) is 0 Å². The molecule has 2 heterocycles. The van der Waals surface area contributed by atoms with Crippen LogP contribution in [0.25, 0.3) is 10.1 Å². The highest BCUT2D eigenvalue weighted by molar-refractivity contribution is 7.20. The number of amides is 1. The van der Waals surface area contributed by atoms with Gasteiger partial charge in [0.05, 0.1) is 12.0 Å². The molecule has 0 bridgehead atoms. The van der Waals surface area contributed by atoms with E-state index in [-0.39, 0.29) is 11.9 Å². The van der Waals surface area contributed by atoms with Crippen molar-refractivity contribution in [3.63, 3.8) is 0 Å². The minimum atomic E-state index is -0.433. The molecule has 3 rings (SSSR count). The van der Waals surface area contributed by atoms with E-state index in [1.54, 1.807) is 4.90 Å². The van der Waals surface area contributed by atoms with E-state index in [9.17, 15) is 9.59 Å². The van der Waals surface area contributed by atoms with Crippen LogP contribution in [0.3, 0.4) is 0 Å². The Morgan fingerprint density at radius 2 is 2.15 bits per heavy atom. The smallest absolute Gasteiger partial charge is 0.328 e. The number of hydrogen-bond acceptors (Lipinski definition) is 4. The first kappa shape index (κ1) is 13.1. The molecule has 1 fully saturated rings. The Morgan fingerprint density at radius 1 is 1.35 bits per heavy atom. The lowest BCUT2D eigenvalue weighted by atomic mass is 10.2. The van der Waals surface area contributed by atoms with Gasteiger partial charge in [0.25, 0.3) is 5.91 Å². The van der Waals surface area contributed by atoms with E-state index in [0.29, 0.717) is 17.8 Å². The lowest BCUT2D eigenvalue weighted by Crippen LogP contribution is -2.40. The van der Waals surface area contributed by atoms with Crippen LogP contribution >= 0.6 is 11.3 Å². The minimum absolute atomic E-state index is 0.0703. The fourth-order valence-corrected chi connectivity index (χ4v) is 3.64. The Labute approximate surface area is 120 Å². The lowest BCUT2D eigenvalue weighted by Gasteiger charge is -2.21. The number of carbonyl (C=O) groups excluding carboxylic acids is 2. The van der Waals surface area contributed by atoms with Crippen LogP contribution < -0.4 is 0 Å².